The fraction of sp³-hybridized carbons (Fsp3) is 0.923. The third-order valence-corrected chi connectivity index (χ3v) is 5.98. The second kappa shape index (κ2) is 7.04. The molecular weight excluding hydrogens is 292 g/mol. The minimum atomic E-state index is -2.99. The zero-order valence-electron chi connectivity index (χ0n) is 12.8. The van der Waals surface area contributed by atoms with Crippen molar-refractivity contribution in [2.45, 2.75) is 18.5 Å². The number of carbonyl (C=O) groups is 1. The molecule has 0 aromatic heterocycles. The van der Waals surface area contributed by atoms with Gasteiger partial charge in [0.2, 0.25) is 5.91 Å². The van der Waals surface area contributed by atoms with Crippen LogP contribution >= 0.6 is 0 Å². The highest BCUT2D eigenvalue weighted by Gasteiger charge is 2.27. The molecule has 8 heteroatoms. The molecule has 2 fully saturated rings. The van der Waals surface area contributed by atoms with E-state index < -0.39 is 9.84 Å². The number of rotatable bonds is 4. The van der Waals surface area contributed by atoms with Gasteiger partial charge in [0.05, 0.1) is 11.5 Å². The summed E-state index contributed by atoms with van der Waals surface area (Å²) in [5.41, 5.74) is 0. The molecule has 0 aromatic rings. The normalized spacial score (nSPS) is 31.0. The summed E-state index contributed by atoms with van der Waals surface area (Å²) in [6.45, 7) is 4.03. The molecule has 1 amide bonds. The van der Waals surface area contributed by atoms with Gasteiger partial charge in [0.15, 0.2) is 9.84 Å². The van der Waals surface area contributed by atoms with E-state index in [-0.39, 0.29) is 29.9 Å². The van der Waals surface area contributed by atoms with Crippen molar-refractivity contribution in [1.29, 1.82) is 0 Å². The predicted octanol–water partition coefficient (Wildman–Crippen LogP) is -1.87. The lowest BCUT2D eigenvalue weighted by Crippen LogP contribution is -2.55. The number of nitrogens with zero attached hydrogens (tertiary/aromatic N) is 2. The molecule has 2 atom stereocenters. The van der Waals surface area contributed by atoms with E-state index in [4.69, 9.17) is 0 Å². The van der Waals surface area contributed by atoms with Gasteiger partial charge in [-0.3, -0.25) is 9.69 Å². The summed E-state index contributed by atoms with van der Waals surface area (Å²) in [5, 5.41) is 6.04. The SMILES string of the molecule is CN1CCN(C)C(CNC(=O)CC2CS(=O)(=O)CCN2)C1. The van der Waals surface area contributed by atoms with E-state index in [9.17, 15) is 13.2 Å². The van der Waals surface area contributed by atoms with Crippen LogP contribution in [-0.4, -0.2) is 94.5 Å². The van der Waals surface area contributed by atoms with Crippen LogP contribution in [0, 0.1) is 0 Å². The van der Waals surface area contributed by atoms with E-state index >= 15 is 0 Å². The van der Waals surface area contributed by atoms with Gasteiger partial charge >= 0.3 is 0 Å². The van der Waals surface area contributed by atoms with Crippen LogP contribution in [-0.2, 0) is 14.6 Å². The molecule has 0 aromatic carbocycles. The predicted molar refractivity (Wildman–Crippen MR) is 82.0 cm³/mol. The summed E-state index contributed by atoms with van der Waals surface area (Å²) in [6, 6.07) is 0.0613. The first-order chi connectivity index (χ1) is 9.85. The highest BCUT2D eigenvalue weighted by molar-refractivity contribution is 7.91. The second-order valence-electron chi connectivity index (χ2n) is 6.17. The van der Waals surface area contributed by atoms with Crippen LogP contribution in [0.4, 0.5) is 0 Å². The van der Waals surface area contributed by atoms with Crippen LogP contribution in [0.2, 0.25) is 0 Å². The lowest BCUT2D eigenvalue weighted by Gasteiger charge is -2.37. The van der Waals surface area contributed by atoms with Crippen molar-refractivity contribution in [1.82, 2.24) is 20.4 Å². The largest absolute Gasteiger partial charge is 0.354 e. The van der Waals surface area contributed by atoms with Crippen LogP contribution < -0.4 is 10.6 Å². The lowest BCUT2D eigenvalue weighted by molar-refractivity contribution is -0.121. The van der Waals surface area contributed by atoms with E-state index in [0.29, 0.717) is 19.1 Å². The molecule has 122 valence electrons. The van der Waals surface area contributed by atoms with Crippen molar-refractivity contribution < 1.29 is 13.2 Å². The maximum atomic E-state index is 12.0. The number of hydrogen-bond donors (Lipinski definition) is 2. The Morgan fingerprint density at radius 1 is 1.33 bits per heavy atom. The zero-order chi connectivity index (χ0) is 15.5. The molecule has 2 saturated heterocycles. The van der Waals surface area contributed by atoms with Crippen LogP contribution in [0.25, 0.3) is 0 Å². The first-order valence-electron chi connectivity index (χ1n) is 7.45. The number of likely N-dealkylation sites (N-methyl/N-ethyl adjacent to an activating group) is 2. The molecule has 21 heavy (non-hydrogen) atoms. The van der Waals surface area contributed by atoms with E-state index in [0.717, 1.165) is 19.6 Å². The standard InChI is InChI=1S/C13H26N4O3S/c1-16-4-5-17(2)12(9-16)8-15-13(18)7-11-10-21(19,20)6-3-14-11/h11-12,14H,3-10H2,1-2H3,(H,15,18). The molecule has 2 aliphatic heterocycles. The number of hydrogen-bond acceptors (Lipinski definition) is 6. The Balaban J connectivity index is 1.74. The summed E-state index contributed by atoms with van der Waals surface area (Å²) >= 11 is 0. The minimum Gasteiger partial charge on any atom is -0.354 e. The molecule has 0 spiro atoms. The summed E-state index contributed by atoms with van der Waals surface area (Å²) in [4.78, 5) is 16.5. The van der Waals surface area contributed by atoms with Gasteiger partial charge in [-0.15, -0.1) is 0 Å². The Morgan fingerprint density at radius 2 is 2.10 bits per heavy atom. The average molecular weight is 318 g/mol. The molecule has 7 nitrogen and oxygen atoms in total. The summed E-state index contributed by atoms with van der Waals surface area (Å²) in [6.07, 6.45) is 0.228. The number of carbonyl (C=O) groups excluding carboxylic acids is 1. The maximum absolute atomic E-state index is 12.0. The molecule has 0 bridgehead atoms. The summed E-state index contributed by atoms with van der Waals surface area (Å²) in [5.74, 6) is 0.155. The van der Waals surface area contributed by atoms with E-state index in [1.807, 2.05) is 0 Å². The Kier molecular flexibility index (Phi) is 5.59. The zero-order valence-corrected chi connectivity index (χ0v) is 13.7. The summed E-state index contributed by atoms with van der Waals surface area (Å²) < 4.78 is 23.1. The van der Waals surface area contributed by atoms with Crippen LogP contribution in [0.15, 0.2) is 0 Å². The molecule has 0 aliphatic carbocycles. The molecular formula is C13H26N4O3S. The molecule has 0 radical (unpaired) electrons. The van der Waals surface area contributed by atoms with Crippen molar-refractivity contribution in [3.63, 3.8) is 0 Å². The number of piperazine rings is 1. The number of sulfone groups is 1. The van der Waals surface area contributed by atoms with Crippen LogP contribution in [0.3, 0.4) is 0 Å². The molecule has 2 rings (SSSR count). The van der Waals surface area contributed by atoms with Crippen molar-refractivity contribution in [2.24, 2.45) is 0 Å². The van der Waals surface area contributed by atoms with Gasteiger partial charge in [0.1, 0.15) is 0 Å². The van der Waals surface area contributed by atoms with E-state index in [1.54, 1.807) is 0 Å². The lowest BCUT2D eigenvalue weighted by atomic mass is 10.1. The number of nitrogens with one attached hydrogen (secondary N) is 2. The average Bonchev–Trinajstić information content (AvgIpc) is 2.38. The van der Waals surface area contributed by atoms with Crippen LogP contribution in [0.5, 0.6) is 0 Å². The van der Waals surface area contributed by atoms with Gasteiger partial charge in [-0.2, -0.15) is 0 Å². The topological polar surface area (TPSA) is 81.8 Å². The Hall–Kier alpha value is -0.700. The highest BCUT2D eigenvalue weighted by Crippen LogP contribution is 2.07. The fourth-order valence-corrected chi connectivity index (χ4v) is 4.29. The van der Waals surface area contributed by atoms with Gasteiger partial charge in [0, 0.05) is 51.2 Å². The second-order valence-corrected chi connectivity index (χ2v) is 8.40. The number of amides is 1. The fourth-order valence-electron chi connectivity index (χ4n) is 2.85. The quantitative estimate of drug-likeness (QED) is 0.632. The highest BCUT2D eigenvalue weighted by atomic mass is 32.2. The van der Waals surface area contributed by atoms with Crippen LogP contribution in [0.1, 0.15) is 6.42 Å². The Morgan fingerprint density at radius 3 is 2.81 bits per heavy atom. The first kappa shape index (κ1) is 16.7. The van der Waals surface area contributed by atoms with Gasteiger partial charge in [-0.25, -0.2) is 8.42 Å². The third kappa shape index (κ3) is 5.21. The van der Waals surface area contributed by atoms with Crippen molar-refractivity contribution in [3.8, 4) is 0 Å². The van der Waals surface area contributed by atoms with E-state index in [1.165, 1.54) is 0 Å². The maximum Gasteiger partial charge on any atom is 0.221 e. The van der Waals surface area contributed by atoms with Gasteiger partial charge in [-0.05, 0) is 14.1 Å². The molecule has 2 heterocycles. The molecule has 0 saturated carbocycles. The third-order valence-electron chi connectivity index (χ3n) is 4.25. The Bertz CT molecular complexity index is 468. The molecule has 2 unspecified atom stereocenters. The Labute approximate surface area is 127 Å². The van der Waals surface area contributed by atoms with Crippen molar-refractivity contribution in [2.75, 3.05) is 58.3 Å². The van der Waals surface area contributed by atoms with Gasteiger partial charge in [-0.1, -0.05) is 0 Å². The van der Waals surface area contributed by atoms with E-state index in [2.05, 4.69) is 34.5 Å². The van der Waals surface area contributed by atoms with Crippen molar-refractivity contribution >= 4 is 15.7 Å². The summed E-state index contributed by atoms with van der Waals surface area (Å²) in [7, 11) is 1.16. The smallest absolute Gasteiger partial charge is 0.221 e. The van der Waals surface area contributed by atoms with Crippen molar-refractivity contribution in [3.05, 3.63) is 0 Å². The minimum absolute atomic E-state index is 0.0620. The van der Waals surface area contributed by atoms with Gasteiger partial charge < -0.3 is 15.5 Å². The monoisotopic (exact) mass is 318 g/mol. The van der Waals surface area contributed by atoms with Gasteiger partial charge in [0.25, 0.3) is 0 Å². The first-order valence-corrected chi connectivity index (χ1v) is 9.27. The molecule has 2 N–H and O–H groups in total. The molecule has 2 aliphatic rings.